The van der Waals surface area contributed by atoms with Gasteiger partial charge in [-0.3, -0.25) is 0 Å². The standard InChI is InChI=1S/C15H17N3OS/c1-11-12(2)19-14(18-11)20-9-8-15(17,10-16)13-6-4-3-5-7-13/h3-7H,8-9,17H2,1-2H3. The van der Waals surface area contributed by atoms with Crippen LogP contribution in [-0.2, 0) is 5.54 Å². The molecule has 0 spiro atoms. The highest BCUT2D eigenvalue weighted by molar-refractivity contribution is 7.99. The van der Waals surface area contributed by atoms with Gasteiger partial charge in [0, 0.05) is 5.75 Å². The van der Waals surface area contributed by atoms with Gasteiger partial charge in [-0.15, -0.1) is 0 Å². The minimum atomic E-state index is -0.967. The van der Waals surface area contributed by atoms with Crippen LogP contribution < -0.4 is 5.73 Å². The Hall–Kier alpha value is -1.77. The molecular formula is C15H17N3OS. The van der Waals surface area contributed by atoms with Crippen LogP contribution in [0, 0.1) is 25.2 Å². The van der Waals surface area contributed by atoms with Gasteiger partial charge in [-0.05, 0) is 25.8 Å². The number of benzene rings is 1. The van der Waals surface area contributed by atoms with Gasteiger partial charge in [0.25, 0.3) is 5.22 Å². The lowest BCUT2D eigenvalue weighted by Crippen LogP contribution is -2.35. The zero-order valence-electron chi connectivity index (χ0n) is 11.6. The Morgan fingerprint density at radius 1 is 1.35 bits per heavy atom. The van der Waals surface area contributed by atoms with Gasteiger partial charge in [-0.2, -0.15) is 5.26 Å². The molecule has 1 unspecified atom stereocenters. The first kappa shape index (κ1) is 14.6. The maximum absolute atomic E-state index is 9.36. The van der Waals surface area contributed by atoms with Gasteiger partial charge >= 0.3 is 0 Å². The van der Waals surface area contributed by atoms with Crippen LogP contribution in [0.3, 0.4) is 0 Å². The molecule has 0 saturated carbocycles. The Balaban J connectivity index is 2.00. The molecule has 4 nitrogen and oxygen atoms in total. The molecule has 2 N–H and O–H groups in total. The monoisotopic (exact) mass is 287 g/mol. The molecule has 5 heteroatoms. The molecule has 1 aromatic heterocycles. The van der Waals surface area contributed by atoms with Crippen LogP contribution >= 0.6 is 11.8 Å². The van der Waals surface area contributed by atoms with E-state index >= 15 is 0 Å². The molecule has 0 aliphatic carbocycles. The normalized spacial score (nSPS) is 13.7. The van der Waals surface area contributed by atoms with E-state index in [2.05, 4.69) is 11.1 Å². The molecule has 2 rings (SSSR count). The first-order valence-corrected chi connectivity index (χ1v) is 7.36. The molecule has 1 aromatic carbocycles. The Morgan fingerprint density at radius 3 is 2.60 bits per heavy atom. The van der Waals surface area contributed by atoms with Crippen LogP contribution in [0.2, 0.25) is 0 Å². The lowest BCUT2D eigenvalue weighted by atomic mass is 9.90. The highest BCUT2D eigenvalue weighted by Gasteiger charge is 2.26. The summed E-state index contributed by atoms with van der Waals surface area (Å²) in [5.41, 5.74) is 6.96. The summed E-state index contributed by atoms with van der Waals surface area (Å²) in [6.07, 6.45) is 0.540. The zero-order chi connectivity index (χ0) is 14.6. The number of aromatic nitrogens is 1. The van der Waals surface area contributed by atoms with E-state index in [9.17, 15) is 5.26 Å². The van der Waals surface area contributed by atoms with Crippen molar-refractivity contribution >= 4 is 11.8 Å². The van der Waals surface area contributed by atoms with Crippen molar-refractivity contribution in [3.63, 3.8) is 0 Å². The summed E-state index contributed by atoms with van der Waals surface area (Å²) in [4.78, 5) is 4.30. The van der Waals surface area contributed by atoms with E-state index in [1.165, 1.54) is 11.8 Å². The van der Waals surface area contributed by atoms with Crippen molar-refractivity contribution in [3.05, 3.63) is 47.3 Å². The van der Waals surface area contributed by atoms with Gasteiger partial charge in [0.2, 0.25) is 0 Å². The molecule has 0 radical (unpaired) electrons. The Kier molecular flexibility index (Phi) is 4.48. The van der Waals surface area contributed by atoms with Gasteiger partial charge in [0.1, 0.15) is 11.3 Å². The number of nitrogens with two attached hydrogens (primary N) is 1. The van der Waals surface area contributed by atoms with Crippen molar-refractivity contribution in [2.24, 2.45) is 5.73 Å². The smallest absolute Gasteiger partial charge is 0.256 e. The van der Waals surface area contributed by atoms with Crippen molar-refractivity contribution in [1.29, 1.82) is 5.26 Å². The summed E-state index contributed by atoms with van der Waals surface area (Å²) >= 11 is 1.48. The molecule has 1 atom stereocenters. The molecule has 2 aromatic rings. The van der Waals surface area contributed by atoms with E-state index in [0.717, 1.165) is 17.0 Å². The number of nitrogens with zero attached hydrogens (tertiary/aromatic N) is 2. The number of thioether (sulfide) groups is 1. The highest BCUT2D eigenvalue weighted by atomic mass is 32.2. The molecule has 0 amide bonds. The van der Waals surface area contributed by atoms with Crippen molar-refractivity contribution in [1.82, 2.24) is 4.98 Å². The summed E-state index contributed by atoms with van der Waals surface area (Å²) in [6.45, 7) is 3.80. The molecular weight excluding hydrogens is 270 g/mol. The molecule has 0 aliphatic heterocycles. The van der Waals surface area contributed by atoms with Crippen LogP contribution in [-0.4, -0.2) is 10.7 Å². The van der Waals surface area contributed by atoms with Crippen LogP contribution in [0.4, 0.5) is 0 Å². The van der Waals surface area contributed by atoms with E-state index in [4.69, 9.17) is 10.2 Å². The van der Waals surface area contributed by atoms with Crippen LogP contribution in [0.25, 0.3) is 0 Å². The Labute approximate surface area is 123 Å². The number of rotatable bonds is 5. The molecule has 20 heavy (non-hydrogen) atoms. The molecule has 1 heterocycles. The van der Waals surface area contributed by atoms with Gasteiger partial charge in [-0.1, -0.05) is 42.1 Å². The number of aryl methyl sites for hydroxylation is 2. The Bertz CT molecular complexity index is 598. The molecule has 0 fully saturated rings. The van der Waals surface area contributed by atoms with E-state index in [1.807, 2.05) is 44.2 Å². The second kappa shape index (κ2) is 6.12. The third-order valence-electron chi connectivity index (χ3n) is 3.22. The number of nitriles is 1. The predicted molar refractivity (Wildman–Crippen MR) is 79.2 cm³/mol. The molecule has 104 valence electrons. The SMILES string of the molecule is Cc1nc(SCCC(N)(C#N)c2ccccc2)oc1C. The van der Waals surface area contributed by atoms with E-state index in [-0.39, 0.29) is 0 Å². The van der Waals surface area contributed by atoms with Gasteiger partial charge < -0.3 is 10.2 Å². The second-order valence-electron chi connectivity index (χ2n) is 4.67. The van der Waals surface area contributed by atoms with Gasteiger partial charge in [0.15, 0.2) is 0 Å². The molecule has 0 bridgehead atoms. The van der Waals surface area contributed by atoms with Gasteiger partial charge in [-0.25, -0.2) is 4.98 Å². The van der Waals surface area contributed by atoms with Crippen molar-refractivity contribution in [2.45, 2.75) is 31.0 Å². The predicted octanol–water partition coefficient (Wildman–Crippen LogP) is 3.15. The summed E-state index contributed by atoms with van der Waals surface area (Å²) < 4.78 is 5.50. The minimum Gasteiger partial charge on any atom is -0.437 e. The Morgan fingerprint density at radius 2 is 2.05 bits per heavy atom. The summed E-state index contributed by atoms with van der Waals surface area (Å²) in [5.74, 6) is 1.51. The quantitative estimate of drug-likeness (QED) is 0.855. The summed E-state index contributed by atoms with van der Waals surface area (Å²) in [5, 5.41) is 9.99. The average molecular weight is 287 g/mol. The number of hydrogen-bond acceptors (Lipinski definition) is 5. The molecule has 0 saturated heterocycles. The lowest BCUT2D eigenvalue weighted by molar-refractivity contribution is 0.430. The maximum Gasteiger partial charge on any atom is 0.256 e. The zero-order valence-corrected chi connectivity index (χ0v) is 12.4. The maximum atomic E-state index is 9.36. The van der Waals surface area contributed by atoms with Gasteiger partial charge in [0.05, 0.1) is 11.8 Å². The van der Waals surface area contributed by atoms with Crippen molar-refractivity contribution in [2.75, 3.05) is 5.75 Å². The van der Waals surface area contributed by atoms with Crippen LogP contribution in [0.1, 0.15) is 23.4 Å². The first-order valence-electron chi connectivity index (χ1n) is 6.37. The fraction of sp³-hybridized carbons (Fsp3) is 0.333. The van der Waals surface area contributed by atoms with Crippen molar-refractivity contribution in [3.8, 4) is 6.07 Å². The van der Waals surface area contributed by atoms with Crippen LogP contribution in [0.15, 0.2) is 40.0 Å². The fourth-order valence-electron chi connectivity index (χ4n) is 1.80. The second-order valence-corrected chi connectivity index (χ2v) is 5.72. The summed E-state index contributed by atoms with van der Waals surface area (Å²) in [6, 6.07) is 11.7. The minimum absolute atomic E-state index is 0.540. The van der Waals surface area contributed by atoms with E-state index in [1.54, 1.807) is 0 Å². The fourth-order valence-corrected chi connectivity index (χ4v) is 2.79. The third kappa shape index (κ3) is 3.21. The largest absolute Gasteiger partial charge is 0.437 e. The third-order valence-corrected chi connectivity index (χ3v) is 4.05. The molecule has 0 aliphatic rings. The van der Waals surface area contributed by atoms with E-state index < -0.39 is 5.54 Å². The lowest BCUT2D eigenvalue weighted by Gasteiger charge is -2.21. The highest BCUT2D eigenvalue weighted by Crippen LogP contribution is 2.27. The topological polar surface area (TPSA) is 75.8 Å². The van der Waals surface area contributed by atoms with Crippen LogP contribution in [0.5, 0.6) is 0 Å². The number of oxazole rings is 1. The average Bonchev–Trinajstić information content (AvgIpc) is 2.78. The summed E-state index contributed by atoms with van der Waals surface area (Å²) in [7, 11) is 0. The first-order chi connectivity index (χ1) is 9.55. The number of hydrogen-bond donors (Lipinski definition) is 1. The van der Waals surface area contributed by atoms with E-state index in [0.29, 0.717) is 17.4 Å². The van der Waals surface area contributed by atoms with Crippen molar-refractivity contribution < 1.29 is 4.42 Å².